The van der Waals surface area contributed by atoms with Gasteiger partial charge in [-0.15, -0.1) is 0 Å². The molecule has 1 N–H and O–H groups in total. The molecule has 1 fully saturated rings. The summed E-state index contributed by atoms with van der Waals surface area (Å²) in [6.45, 7) is 5.82. The third-order valence-corrected chi connectivity index (χ3v) is 5.15. The second-order valence-corrected chi connectivity index (χ2v) is 7.17. The van der Waals surface area contributed by atoms with Crippen LogP contribution in [0.25, 0.3) is 0 Å². The van der Waals surface area contributed by atoms with Crippen LogP contribution in [0, 0.1) is 0 Å². The number of carbonyl (C=O) groups is 1. The zero-order valence-electron chi connectivity index (χ0n) is 14.7. The van der Waals surface area contributed by atoms with Crippen LogP contribution in [0.2, 0.25) is 0 Å². The number of nitrogens with one attached hydrogen (secondary N) is 1. The number of nitrogens with zero attached hydrogens (tertiary/aromatic N) is 3. The molecule has 0 unspecified atom stereocenters. The molecule has 1 aliphatic heterocycles. The number of H-pyrrole nitrogens is 1. The maximum atomic E-state index is 13.1. The first-order chi connectivity index (χ1) is 12.1. The van der Waals surface area contributed by atoms with Crippen LogP contribution < -0.4 is 0 Å². The van der Waals surface area contributed by atoms with Crippen LogP contribution in [-0.2, 0) is 16.0 Å². The molecule has 1 amide bonds. The van der Waals surface area contributed by atoms with Gasteiger partial charge in [-0.25, -0.2) is 4.98 Å². The summed E-state index contributed by atoms with van der Waals surface area (Å²) in [5.41, 5.74) is 2.50. The van der Waals surface area contributed by atoms with Gasteiger partial charge in [-0.1, -0.05) is 38.1 Å². The van der Waals surface area contributed by atoms with Crippen LogP contribution in [0.3, 0.4) is 0 Å². The molecular formula is C19H24N4O2. The molecule has 1 saturated heterocycles. The largest absolute Gasteiger partial charge is 0.367 e. The number of fused-ring (bicyclic) bond motifs is 1. The van der Waals surface area contributed by atoms with E-state index in [4.69, 9.17) is 4.74 Å². The predicted octanol–water partition coefficient (Wildman–Crippen LogP) is 2.56. The number of ether oxygens (including phenoxy) is 1. The Morgan fingerprint density at radius 2 is 2.20 bits per heavy atom. The highest BCUT2D eigenvalue weighted by atomic mass is 16.5. The Hall–Kier alpha value is -2.21. The second-order valence-electron chi connectivity index (χ2n) is 7.17. The minimum Gasteiger partial charge on any atom is -0.367 e. The number of rotatable bonds is 3. The van der Waals surface area contributed by atoms with E-state index in [1.54, 1.807) is 0 Å². The molecule has 2 aliphatic rings. The lowest BCUT2D eigenvalue weighted by molar-refractivity contribution is -0.140. The lowest BCUT2D eigenvalue weighted by Crippen LogP contribution is -2.44. The van der Waals surface area contributed by atoms with Crippen molar-refractivity contribution in [1.82, 2.24) is 20.1 Å². The first-order valence-corrected chi connectivity index (χ1v) is 9.04. The number of morpholine rings is 1. The van der Waals surface area contributed by atoms with Crippen LogP contribution in [-0.4, -0.2) is 45.7 Å². The van der Waals surface area contributed by atoms with Crippen molar-refractivity contribution >= 4 is 5.91 Å². The van der Waals surface area contributed by atoms with Gasteiger partial charge < -0.3 is 9.64 Å². The number of aryl methyl sites for hydroxylation is 1. The average Bonchev–Trinajstić information content (AvgIpc) is 3.28. The summed E-state index contributed by atoms with van der Waals surface area (Å²) in [6.07, 6.45) is 1.66. The molecule has 1 aromatic carbocycles. The van der Waals surface area contributed by atoms with E-state index < -0.39 is 0 Å². The van der Waals surface area contributed by atoms with Crippen molar-refractivity contribution in [3.05, 3.63) is 47.0 Å². The van der Waals surface area contributed by atoms with Crippen LogP contribution in [0.15, 0.2) is 24.3 Å². The zero-order valence-corrected chi connectivity index (χ0v) is 14.7. The minimum atomic E-state index is -0.227. The molecule has 1 aromatic heterocycles. The van der Waals surface area contributed by atoms with E-state index in [0.717, 1.165) is 18.7 Å². The second kappa shape index (κ2) is 6.59. The number of aromatic amines is 1. The Bertz CT molecular complexity index is 770. The Labute approximate surface area is 147 Å². The van der Waals surface area contributed by atoms with Gasteiger partial charge in [-0.2, -0.15) is 5.10 Å². The first-order valence-electron chi connectivity index (χ1n) is 9.04. The number of amides is 1. The van der Waals surface area contributed by atoms with E-state index >= 15 is 0 Å². The van der Waals surface area contributed by atoms with Gasteiger partial charge in [0.05, 0.1) is 19.1 Å². The molecule has 6 nitrogen and oxygen atoms in total. The van der Waals surface area contributed by atoms with Crippen molar-refractivity contribution in [2.24, 2.45) is 0 Å². The van der Waals surface area contributed by atoms with Crippen LogP contribution >= 0.6 is 0 Å². The van der Waals surface area contributed by atoms with E-state index in [-0.39, 0.29) is 23.8 Å². The SMILES string of the molecule is CC(C)c1n[nH]c([C@@H]2CN(C(=O)[C@@H]3CCc4ccccc43)CCO2)n1. The summed E-state index contributed by atoms with van der Waals surface area (Å²) in [5.74, 6) is 1.96. The molecule has 2 heterocycles. The Morgan fingerprint density at radius 1 is 1.36 bits per heavy atom. The van der Waals surface area contributed by atoms with Gasteiger partial charge in [0.1, 0.15) is 6.10 Å². The maximum Gasteiger partial charge on any atom is 0.230 e. The number of hydrogen-bond donors (Lipinski definition) is 1. The van der Waals surface area contributed by atoms with Gasteiger partial charge in [-0.05, 0) is 24.0 Å². The van der Waals surface area contributed by atoms with Gasteiger partial charge in [0, 0.05) is 12.5 Å². The lowest BCUT2D eigenvalue weighted by Gasteiger charge is -2.33. The highest BCUT2D eigenvalue weighted by Gasteiger charge is 2.35. The molecule has 132 valence electrons. The normalized spacial score (nSPS) is 23.1. The summed E-state index contributed by atoms with van der Waals surface area (Å²) in [5, 5.41) is 7.23. The molecule has 4 rings (SSSR count). The van der Waals surface area contributed by atoms with Crippen LogP contribution in [0.5, 0.6) is 0 Å². The van der Waals surface area contributed by atoms with Gasteiger partial charge in [0.15, 0.2) is 11.6 Å². The molecule has 6 heteroatoms. The quantitative estimate of drug-likeness (QED) is 0.932. The monoisotopic (exact) mass is 340 g/mol. The molecule has 0 bridgehead atoms. The lowest BCUT2D eigenvalue weighted by atomic mass is 9.99. The number of carbonyl (C=O) groups excluding carboxylic acids is 1. The fourth-order valence-corrected chi connectivity index (χ4v) is 3.74. The fourth-order valence-electron chi connectivity index (χ4n) is 3.74. The van der Waals surface area contributed by atoms with Crippen molar-refractivity contribution in [2.45, 2.75) is 44.6 Å². The zero-order chi connectivity index (χ0) is 17.4. The van der Waals surface area contributed by atoms with E-state index in [1.165, 1.54) is 11.1 Å². The van der Waals surface area contributed by atoms with E-state index in [2.05, 4.69) is 41.2 Å². The Balaban J connectivity index is 1.48. The molecule has 2 aromatic rings. The van der Waals surface area contributed by atoms with Crippen molar-refractivity contribution in [2.75, 3.05) is 19.7 Å². The van der Waals surface area contributed by atoms with Gasteiger partial charge in [-0.3, -0.25) is 9.89 Å². The molecule has 2 atom stereocenters. The highest BCUT2D eigenvalue weighted by Crippen LogP contribution is 2.35. The number of benzene rings is 1. The molecule has 0 saturated carbocycles. The third-order valence-electron chi connectivity index (χ3n) is 5.15. The predicted molar refractivity (Wildman–Crippen MR) is 93.2 cm³/mol. The highest BCUT2D eigenvalue weighted by molar-refractivity contribution is 5.85. The molecule has 1 aliphatic carbocycles. The Kier molecular flexibility index (Phi) is 4.29. The molecule has 0 spiro atoms. The third kappa shape index (κ3) is 3.06. The average molecular weight is 340 g/mol. The van der Waals surface area contributed by atoms with E-state index in [9.17, 15) is 4.79 Å². The molecule has 25 heavy (non-hydrogen) atoms. The summed E-state index contributed by atoms with van der Waals surface area (Å²) in [4.78, 5) is 19.5. The number of hydrogen-bond acceptors (Lipinski definition) is 4. The van der Waals surface area contributed by atoms with Crippen molar-refractivity contribution in [3.63, 3.8) is 0 Å². The van der Waals surface area contributed by atoms with Gasteiger partial charge >= 0.3 is 0 Å². The fraction of sp³-hybridized carbons (Fsp3) is 0.526. The standard InChI is InChI=1S/C19H24N4O2/c1-12(2)17-20-18(22-21-17)16-11-23(9-10-25-16)19(24)15-8-7-13-5-3-4-6-14(13)15/h3-6,12,15-16H,7-11H2,1-2H3,(H,20,21,22)/t15-,16+/m1/s1. The number of aromatic nitrogens is 3. The minimum absolute atomic E-state index is 0.0177. The smallest absolute Gasteiger partial charge is 0.230 e. The maximum absolute atomic E-state index is 13.1. The topological polar surface area (TPSA) is 71.1 Å². The van der Waals surface area contributed by atoms with Crippen molar-refractivity contribution < 1.29 is 9.53 Å². The summed E-state index contributed by atoms with van der Waals surface area (Å²) in [6, 6.07) is 8.29. The summed E-state index contributed by atoms with van der Waals surface area (Å²) < 4.78 is 5.84. The molecular weight excluding hydrogens is 316 g/mol. The van der Waals surface area contributed by atoms with Crippen LogP contribution in [0.1, 0.15) is 61.0 Å². The van der Waals surface area contributed by atoms with Gasteiger partial charge in [0.2, 0.25) is 5.91 Å². The van der Waals surface area contributed by atoms with Crippen molar-refractivity contribution in [3.8, 4) is 0 Å². The Morgan fingerprint density at radius 3 is 3.00 bits per heavy atom. The van der Waals surface area contributed by atoms with E-state index in [0.29, 0.717) is 25.5 Å². The van der Waals surface area contributed by atoms with E-state index in [1.807, 2.05) is 17.0 Å². The van der Waals surface area contributed by atoms with Crippen LogP contribution in [0.4, 0.5) is 0 Å². The first kappa shape index (κ1) is 16.3. The van der Waals surface area contributed by atoms with Crippen molar-refractivity contribution in [1.29, 1.82) is 0 Å². The summed E-state index contributed by atoms with van der Waals surface area (Å²) >= 11 is 0. The van der Waals surface area contributed by atoms with Gasteiger partial charge in [0.25, 0.3) is 0 Å². The summed E-state index contributed by atoms with van der Waals surface area (Å²) in [7, 11) is 0. The molecule has 0 radical (unpaired) electrons.